The van der Waals surface area contributed by atoms with Crippen LogP contribution < -0.4 is 5.73 Å². The molecule has 0 saturated carbocycles. The van der Waals surface area contributed by atoms with Crippen molar-refractivity contribution in [3.05, 3.63) is 0 Å². The molecule has 13 atom stereocenters. The van der Waals surface area contributed by atoms with E-state index < -0.39 is 89.3 Å². The van der Waals surface area contributed by atoms with E-state index in [0.717, 1.165) is 0 Å². The number of hydrogen-bond donors (Lipinski definition) is 1. The van der Waals surface area contributed by atoms with Gasteiger partial charge in [0.25, 0.3) is 0 Å². The van der Waals surface area contributed by atoms with Crippen molar-refractivity contribution in [3.63, 3.8) is 0 Å². The van der Waals surface area contributed by atoms with Gasteiger partial charge in [-0.3, -0.25) is 24.1 Å². The standard InChI is InChI=1S/C37H59N3O11/c1-13-17-46-36(9)19-20(3)28(42)22(5)31-37(10,51-35(45)40(31)16-15-38)27(14-2)49-33(44)24(7)29(43)23(6)32(36)50-34-30(48-25(8)41)26(39(11)12)18-21(4)47-34/h1,20-24,26-27,30-32,34H,14-19,38H2,2-12H3/t20-,21-,22+,23+,24-,26?,27-,30?,31?,32?,34?,36+,37-/m1/s1. The minimum Gasteiger partial charge on any atom is -0.458 e. The maximum atomic E-state index is 14.5. The van der Waals surface area contributed by atoms with E-state index in [1.807, 2.05) is 25.9 Å². The molecule has 0 aromatic carbocycles. The molecule has 3 fully saturated rings. The van der Waals surface area contributed by atoms with Crippen LogP contribution in [0.25, 0.3) is 0 Å². The minimum absolute atomic E-state index is 0.0307. The Balaban J connectivity index is 2.22. The fraction of sp³-hybridized carbons (Fsp3) is 0.811. The first kappa shape index (κ1) is 42.3. The van der Waals surface area contributed by atoms with E-state index in [9.17, 15) is 24.0 Å². The topological polar surface area (TPSA) is 173 Å². The second kappa shape index (κ2) is 17.2. The summed E-state index contributed by atoms with van der Waals surface area (Å²) >= 11 is 0. The van der Waals surface area contributed by atoms with Gasteiger partial charge in [0.05, 0.1) is 29.9 Å². The number of nitrogens with two attached hydrogens (primary N) is 1. The van der Waals surface area contributed by atoms with E-state index in [-0.39, 0.29) is 50.5 Å². The van der Waals surface area contributed by atoms with E-state index in [1.54, 1.807) is 41.5 Å². The number of esters is 2. The zero-order valence-corrected chi connectivity index (χ0v) is 32.1. The van der Waals surface area contributed by atoms with Gasteiger partial charge in [-0.05, 0) is 61.1 Å². The summed E-state index contributed by atoms with van der Waals surface area (Å²) in [5.41, 5.74) is 3.04. The highest BCUT2D eigenvalue weighted by molar-refractivity contribution is 6.00. The normalized spacial score (nSPS) is 39.8. The molecular weight excluding hydrogens is 662 g/mol. The molecule has 51 heavy (non-hydrogen) atoms. The maximum absolute atomic E-state index is 14.5. The molecule has 0 spiro atoms. The van der Waals surface area contributed by atoms with Crippen LogP contribution in [-0.4, -0.2) is 127 Å². The van der Waals surface area contributed by atoms with Crippen LogP contribution in [0.4, 0.5) is 4.79 Å². The zero-order chi connectivity index (χ0) is 38.6. The monoisotopic (exact) mass is 721 g/mol. The summed E-state index contributed by atoms with van der Waals surface area (Å²) in [7, 11) is 3.72. The van der Waals surface area contributed by atoms with Crippen LogP contribution in [0.15, 0.2) is 0 Å². The number of likely N-dealkylation sites (N-methyl/N-ethyl adjacent to an activating group) is 1. The first-order chi connectivity index (χ1) is 23.8. The predicted octanol–water partition coefficient (Wildman–Crippen LogP) is 2.72. The van der Waals surface area contributed by atoms with Crippen LogP contribution in [0.1, 0.15) is 81.6 Å². The predicted molar refractivity (Wildman–Crippen MR) is 186 cm³/mol. The number of nitrogens with zero attached hydrogens (tertiary/aromatic N) is 2. The number of carbonyl (C=O) groups is 5. The summed E-state index contributed by atoms with van der Waals surface area (Å²) < 4.78 is 37.1. The molecule has 0 aromatic heterocycles. The third-order valence-electron chi connectivity index (χ3n) is 10.8. The molecule has 14 heteroatoms. The molecule has 0 aliphatic carbocycles. The molecule has 3 aliphatic heterocycles. The highest BCUT2D eigenvalue weighted by Gasteiger charge is 2.60. The van der Waals surface area contributed by atoms with Crippen LogP contribution in [0.5, 0.6) is 0 Å². The Hall–Kier alpha value is -3.09. The smallest absolute Gasteiger partial charge is 0.410 e. The van der Waals surface area contributed by atoms with E-state index in [2.05, 4.69) is 5.92 Å². The number of hydrogen-bond acceptors (Lipinski definition) is 13. The Labute approximate surface area is 302 Å². The molecule has 14 nitrogen and oxygen atoms in total. The third kappa shape index (κ3) is 8.93. The van der Waals surface area contributed by atoms with Crippen LogP contribution >= 0.6 is 0 Å². The number of terminal acetylenes is 1. The number of cyclic esters (lactones) is 1. The van der Waals surface area contributed by atoms with Gasteiger partial charge in [-0.2, -0.15) is 0 Å². The van der Waals surface area contributed by atoms with Gasteiger partial charge in [0.2, 0.25) is 0 Å². The Morgan fingerprint density at radius 1 is 1.08 bits per heavy atom. The van der Waals surface area contributed by atoms with Crippen LogP contribution in [0, 0.1) is 36.0 Å². The summed E-state index contributed by atoms with van der Waals surface area (Å²) in [6.07, 6.45) is 1.30. The molecule has 3 heterocycles. The van der Waals surface area contributed by atoms with Crippen molar-refractivity contribution in [2.24, 2.45) is 29.4 Å². The maximum Gasteiger partial charge on any atom is 0.410 e. The number of ether oxygens (including phenoxy) is 6. The lowest BCUT2D eigenvalue weighted by molar-refractivity contribution is -0.299. The van der Waals surface area contributed by atoms with E-state index in [4.69, 9.17) is 40.6 Å². The lowest BCUT2D eigenvalue weighted by Crippen LogP contribution is -2.61. The van der Waals surface area contributed by atoms with Crippen LogP contribution in [0.2, 0.25) is 0 Å². The lowest BCUT2D eigenvalue weighted by atomic mass is 9.73. The third-order valence-corrected chi connectivity index (χ3v) is 10.8. The summed E-state index contributed by atoms with van der Waals surface area (Å²) in [5.74, 6) is -3.47. The first-order valence-electron chi connectivity index (χ1n) is 18.0. The van der Waals surface area contributed by atoms with Crippen molar-refractivity contribution in [2.75, 3.05) is 33.8 Å². The molecule has 0 radical (unpaired) electrons. The summed E-state index contributed by atoms with van der Waals surface area (Å²) in [5, 5.41) is 0. The van der Waals surface area contributed by atoms with Crippen molar-refractivity contribution in [1.29, 1.82) is 0 Å². The van der Waals surface area contributed by atoms with Gasteiger partial charge in [-0.1, -0.05) is 33.6 Å². The SMILES string of the molecule is C#CCO[C@@]1(C)C[C@@H](C)C(=O)[C@H](C)C2N(CCN)C(=O)O[C@]2(C)[C@@H](CC)OC(=O)[C@H](C)C(=O)[C@H](C)C1OC1O[C@H](C)CC(N(C)C)C1OC(C)=O. The van der Waals surface area contributed by atoms with Gasteiger partial charge in [0.15, 0.2) is 23.8 Å². The van der Waals surface area contributed by atoms with Gasteiger partial charge >= 0.3 is 18.0 Å². The van der Waals surface area contributed by atoms with E-state index >= 15 is 0 Å². The first-order valence-corrected chi connectivity index (χ1v) is 18.0. The molecular formula is C37H59N3O11. The van der Waals surface area contributed by atoms with Gasteiger partial charge in [0.1, 0.15) is 24.4 Å². The number of ketones is 2. The highest BCUT2D eigenvalue weighted by atomic mass is 16.7. The zero-order valence-electron chi connectivity index (χ0n) is 32.1. The number of rotatable bonds is 9. The molecule has 0 bridgehead atoms. The molecule has 3 saturated heterocycles. The number of carbonyl (C=O) groups excluding carboxylic acids is 5. The lowest BCUT2D eigenvalue weighted by Gasteiger charge is -2.48. The Morgan fingerprint density at radius 2 is 1.73 bits per heavy atom. The molecule has 1 amide bonds. The quantitative estimate of drug-likeness (QED) is 0.160. The minimum atomic E-state index is -1.43. The molecule has 5 unspecified atom stereocenters. The Morgan fingerprint density at radius 3 is 2.27 bits per heavy atom. The van der Waals surface area contributed by atoms with Gasteiger partial charge in [0, 0.05) is 37.8 Å². The number of Topliss-reactive ketones (excluding diaryl/α,β-unsaturated/α-hetero) is 2. The second-order valence-electron chi connectivity index (χ2n) is 15.0. The molecule has 0 aromatic rings. The Bertz CT molecular complexity index is 1330. The number of amides is 1. The van der Waals surface area contributed by atoms with Gasteiger partial charge in [-0.25, -0.2) is 4.79 Å². The molecule has 3 aliphatic rings. The average Bonchev–Trinajstić information content (AvgIpc) is 3.32. The highest BCUT2D eigenvalue weighted by Crippen LogP contribution is 2.43. The van der Waals surface area contributed by atoms with Gasteiger partial charge in [-0.15, -0.1) is 6.42 Å². The van der Waals surface area contributed by atoms with E-state index in [1.165, 1.54) is 18.7 Å². The molecule has 2 N–H and O–H groups in total. The van der Waals surface area contributed by atoms with Crippen molar-refractivity contribution >= 4 is 29.6 Å². The largest absolute Gasteiger partial charge is 0.458 e. The summed E-state index contributed by atoms with van der Waals surface area (Å²) in [6, 6.07) is -1.14. The number of fused-ring (bicyclic) bond motifs is 1. The van der Waals surface area contributed by atoms with Crippen LogP contribution in [0.3, 0.4) is 0 Å². The van der Waals surface area contributed by atoms with Crippen molar-refractivity contribution in [2.45, 2.75) is 136 Å². The summed E-state index contributed by atoms with van der Waals surface area (Å²) in [6.45, 7) is 14.9. The van der Waals surface area contributed by atoms with Crippen molar-refractivity contribution < 1.29 is 52.4 Å². The Kier molecular flexibility index (Phi) is 14.2. The van der Waals surface area contributed by atoms with Crippen molar-refractivity contribution in [1.82, 2.24) is 9.80 Å². The molecule has 3 rings (SSSR count). The fourth-order valence-electron chi connectivity index (χ4n) is 8.30. The van der Waals surface area contributed by atoms with Gasteiger partial charge < -0.3 is 39.1 Å². The fourth-order valence-corrected chi connectivity index (χ4v) is 8.30. The van der Waals surface area contributed by atoms with Crippen LogP contribution in [-0.2, 0) is 47.6 Å². The van der Waals surface area contributed by atoms with E-state index in [0.29, 0.717) is 6.42 Å². The second-order valence-corrected chi connectivity index (χ2v) is 15.0. The molecule has 288 valence electrons. The van der Waals surface area contributed by atoms with Crippen molar-refractivity contribution in [3.8, 4) is 12.3 Å². The summed E-state index contributed by atoms with van der Waals surface area (Å²) in [4.78, 5) is 71.6. The average molecular weight is 722 g/mol.